The zero-order valence-electron chi connectivity index (χ0n) is 45.1. The van der Waals surface area contributed by atoms with Gasteiger partial charge in [-0.1, -0.05) is 282 Å². The minimum Gasteiger partial charge on any atom is -0.466 e. The molecule has 6 nitrogen and oxygen atoms in total. The van der Waals surface area contributed by atoms with Crippen LogP contribution in [0.15, 0.2) is 24.3 Å². The van der Waals surface area contributed by atoms with Crippen LogP contribution in [-0.2, 0) is 14.3 Å². The van der Waals surface area contributed by atoms with Gasteiger partial charge in [-0.05, 0) is 57.8 Å². The van der Waals surface area contributed by atoms with Crippen molar-refractivity contribution in [3.05, 3.63) is 24.3 Å². The van der Waals surface area contributed by atoms with Gasteiger partial charge in [-0.2, -0.15) is 0 Å². The van der Waals surface area contributed by atoms with E-state index in [0.717, 1.165) is 44.9 Å². The fraction of sp³-hybridized carbons (Fsp3) is 0.902. The molecule has 396 valence electrons. The molecular formula is C61H117NO5. The fourth-order valence-corrected chi connectivity index (χ4v) is 9.34. The number of unbranched alkanes of at least 4 members (excludes halogenated alkanes) is 43. The highest BCUT2D eigenvalue weighted by molar-refractivity contribution is 5.76. The van der Waals surface area contributed by atoms with Crippen molar-refractivity contribution in [1.29, 1.82) is 0 Å². The highest BCUT2D eigenvalue weighted by Gasteiger charge is 2.18. The van der Waals surface area contributed by atoms with Crippen LogP contribution in [0.25, 0.3) is 0 Å². The molecule has 3 N–H and O–H groups in total. The Morgan fingerprint density at radius 3 is 1.06 bits per heavy atom. The van der Waals surface area contributed by atoms with Crippen molar-refractivity contribution in [3.8, 4) is 0 Å². The summed E-state index contributed by atoms with van der Waals surface area (Å²) in [7, 11) is 0. The van der Waals surface area contributed by atoms with Crippen LogP contribution in [0.1, 0.15) is 328 Å². The summed E-state index contributed by atoms with van der Waals surface area (Å²) in [5.74, 6) is -0.0700. The number of rotatable bonds is 56. The summed E-state index contributed by atoms with van der Waals surface area (Å²) in [6.45, 7) is 4.90. The Morgan fingerprint density at radius 2 is 0.701 bits per heavy atom. The van der Waals surface area contributed by atoms with E-state index in [-0.39, 0.29) is 18.5 Å². The van der Waals surface area contributed by atoms with Crippen molar-refractivity contribution in [3.63, 3.8) is 0 Å². The first kappa shape index (κ1) is 65.3. The summed E-state index contributed by atoms with van der Waals surface area (Å²) in [5, 5.41) is 23.1. The molecule has 0 spiro atoms. The standard InChI is InChI=1S/C61H117NO5/c1-3-5-7-9-11-13-15-17-19-20-23-27-31-35-39-43-47-51-55-61(66)67-56-52-48-44-40-36-32-28-24-21-22-26-30-34-38-42-46-50-54-60(65)62-58(57-63)59(64)53-49-45-41-37-33-29-25-18-16-14-12-10-8-6-4-2/h19-20,49,53,58-59,63-64H,3-18,21-48,50-52,54-57H2,1-2H3,(H,62,65)/b20-19-,53-49+. The monoisotopic (exact) mass is 944 g/mol. The summed E-state index contributed by atoms with van der Waals surface area (Å²) in [5.41, 5.74) is 0. The molecule has 0 aliphatic carbocycles. The largest absolute Gasteiger partial charge is 0.466 e. The van der Waals surface area contributed by atoms with E-state index in [9.17, 15) is 19.8 Å². The molecular weight excluding hydrogens is 827 g/mol. The Bertz CT molecular complexity index is 1040. The number of aliphatic hydroxyl groups is 2. The Kier molecular flexibility index (Phi) is 55.5. The van der Waals surface area contributed by atoms with Crippen LogP contribution >= 0.6 is 0 Å². The molecule has 0 radical (unpaired) electrons. The zero-order chi connectivity index (χ0) is 48.6. The summed E-state index contributed by atoms with van der Waals surface area (Å²) < 4.78 is 5.49. The number of aliphatic hydroxyl groups excluding tert-OH is 2. The van der Waals surface area contributed by atoms with Gasteiger partial charge in [-0.25, -0.2) is 0 Å². The molecule has 0 aromatic rings. The van der Waals surface area contributed by atoms with Crippen molar-refractivity contribution in [2.45, 2.75) is 341 Å². The number of nitrogens with one attached hydrogen (secondary N) is 1. The first-order chi connectivity index (χ1) is 33.0. The number of esters is 1. The van der Waals surface area contributed by atoms with Gasteiger partial charge >= 0.3 is 5.97 Å². The van der Waals surface area contributed by atoms with Crippen molar-refractivity contribution >= 4 is 11.9 Å². The van der Waals surface area contributed by atoms with E-state index >= 15 is 0 Å². The van der Waals surface area contributed by atoms with Gasteiger partial charge in [-0.3, -0.25) is 9.59 Å². The van der Waals surface area contributed by atoms with Gasteiger partial charge in [-0.15, -0.1) is 0 Å². The first-order valence-corrected chi connectivity index (χ1v) is 30.1. The normalized spacial score (nSPS) is 12.7. The second kappa shape index (κ2) is 56.9. The van der Waals surface area contributed by atoms with E-state index in [1.54, 1.807) is 6.08 Å². The van der Waals surface area contributed by atoms with Gasteiger partial charge in [0.05, 0.1) is 25.4 Å². The van der Waals surface area contributed by atoms with E-state index in [1.165, 1.54) is 257 Å². The number of hydrogen-bond donors (Lipinski definition) is 3. The van der Waals surface area contributed by atoms with Crippen molar-refractivity contribution in [2.24, 2.45) is 0 Å². The second-order valence-electron chi connectivity index (χ2n) is 20.7. The maximum absolute atomic E-state index is 12.5. The molecule has 0 aliphatic heterocycles. The SMILES string of the molecule is CCCCCCCCC/C=C\CCCCCCCCCC(=O)OCCCCCCCCCCCCCCCCCCCC(=O)NC(CO)C(O)/C=C/CCCCCCCCCCCCCCC. The summed E-state index contributed by atoms with van der Waals surface area (Å²) in [4.78, 5) is 24.5. The average molecular weight is 945 g/mol. The van der Waals surface area contributed by atoms with E-state index in [1.807, 2.05) is 6.08 Å². The number of carbonyl (C=O) groups is 2. The highest BCUT2D eigenvalue weighted by atomic mass is 16.5. The van der Waals surface area contributed by atoms with Gasteiger partial charge in [0.2, 0.25) is 5.91 Å². The second-order valence-corrected chi connectivity index (χ2v) is 20.7. The molecule has 1 amide bonds. The predicted octanol–water partition coefficient (Wildman–Crippen LogP) is 18.6. The van der Waals surface area contributed by atoms with Gasteiger partial charge < -0.3 is 20.3 Å². The molecule has 0 bridgehead atoms. The van der Waals surface area contributed by atoms with Gasteiger partial charge in [0, 0.05) is 12.8 Å². The van der Waals surface area contributed by atoms with Crippen molar-refractivity contribution in [2.75, 3.05) is 13.2 Å². The predicted molar refractivity (Wildman–Crippen MR) is 292 cm³/mol. The van der Waals surface area contributed by atoms with Gasteiger partial charge in [0.15, 0.2) is 0 Å². The minimum atomic E-state index is -0.848. The van der Waals surface area contributed by atoms with Gasteiger partial charge in [0.1, 0.15) is 0 Å². The summed E-state index contributed by atoms with van der Waals surface area (Å²) >= 11 is 0. The Balaban J connectivity index is 3.42. The number of ether oxygens (including phenoxy) is 1. The fourth-order valence-electron chi connectivity index (χ4n) is 9.34. The Labute approximate surface area is 418 Å². The Hall–Kier alpha value is -1.66. The van der Waals surface area contributed by atoms with Gasteiger partial charge in [0.25, 0.3) is 0 Å². The molecule has 0 rings (SSSR count). The molecule has 6 heteroatoms. The lowest BCUT2D eigenvalue weighted by Crippen LogP contribution is -2.45. The van der Waals surface area contributed by atoms with E-state index < -0.39 is 12.1 Å². The molecule has 2 unspecified atom stereocenters. The summed E-state index contributed by atoms with van der Waals surface area (Å²) in [6.07, 6.45) is 69.2. The number of allylic oxidation sites excluding steroid dienone is 3. The molecule has 0 heterocycles. The van der Waals surface area contributed by atoms with E-state index in [2.05, 4.69) is 31.3 Å². The lowest BCUT2D eigenvalue weighted by atomic mass is 10.0. The number of hydrogen-bond acceptors (Lipinski definition) is 5. The third kappa shape index (κ3) is 53.5. The molecule has 2 atom stereocenters. The molecule has 0 saturated heterocycles. The quantitative estimate of drug-likeness (QED) is 0.0321. The van der Waals surface area contributed by atoms with E-state index in [4.69, 9.17) is 4.74 Å². The lowest BCUT2D eigenvalue weighted by molar-refractivity contribution is -0.143. The molecule has 0 fully saturated rings. The van der Waals surface area contributed by atoms with Crippen molar-refractivity contribution < 1.29 is 24.5 Å². The molecule has 0 aliphatic rings. The third-order valence-electron chi connectivity index (χ3n) is 14.0. The maximum atomic E-state index is 12.5. The zero-order valence-corrected chi connectivity index (χ0v) is 45.1. The van der Waals surface area contributed by atoms with Crippen LogP contribution in [0.4, 0.5) is 0 Å². The van der Waals surface area contributed by atoms with Crippen LogP contribution in [0.2, 0.25) is 0 Å². The molecule has 0 aromatic heterocycles. The van der Waals surface area contributed by atoms with E-state index in [0.29, 0.717) is 19.4 Å². The summed E-state index contributed by atoms with van der Waals surface area (Å²) in [6, 6.07) is -0.632. The van der Waals surface area contributed by atoms with Crippen LogP contribution in [0.3, 0.4) is 0 Å². The third-order valence-corrected chi connectivity index (χ3v) is 14.0. The Morgan fingerprint density at radius 1 is 0.403 bits per heavy atom. The smallest absolute Gasteiger partial charge is 0.305 e. The van der Waals surface area contributed by atoms with Crippen LogP contribution < -0.4 is 5.32 Å². The average Bonchev–Trinajstić information content (AvgIpc) is 3.33. The number of amides is 1. The first-order valence-electron chi connectivity index (χ1n) is 30.1. The molecule has 0 saturated carbocycles. The minimum absolute atomic E-state index is 0.00188. The molecule has 0 aromatic carbocycles. The lowest BCUT2D eigenvalue weighted by Gasteiger charge is -2.20. The highest BCUT2D eigenvalue weighted by Crippen LogP contribution is 2.17. The van der Waals surface area contributed by atoms with Crippen LogP contribution in [0, 0.1) is 0 Å². The van der Waals surface area contributed by atoms with Crippen LogP contribution in [0.5, 0.6) is 0 Å². The maximum Gasteiger partial charge on any atom is 0.305 e. The van der Waals surface area contributed by atoms with Crippen molar-refractivity contribution in [1.82, 2.24) is 5.32 Å². The van der Waals surface area contributed by atoms with Crippen LogP contribution in [-0.4, -0.2) is 47.4 Å². The molecule has 67 heavy (non-hydrogen) atoms. The number of carbonyl (C=O) groups excluding carboxylic acids is 2. The topological polar surface area (TPSA) is 95.9 Å².